The Morgan fingerprint density at radius 2 is 1.92 bits per heavy atom. The predicted octanol–water partition coefficient (Wildman–Crippen LogP) is 3.74. The molecule has 1 N–H and O–H groups in total. The van der Waals surface area contributed by atoms with Crippen LogP contribution < -0.4 is 9.62 Å². The highest BCUT2D eigenvalue weighted by molar-refractivity contribution is 7.92. The third-order valence-corrected chi connectivity index (χ3v) is 5.40. The summed E-state index contributed by atoms with van der Waals surface area (Å²) in [4.78, 5) is 6.70. The van der Waals surface area contributed by atoms with Crippen molar-refractivity contribution in [2.24, 2.45) is 0 Å². The SMILES string of the molecule is CCCCN(C)c1ccc(NS(=O)(=O)c2ccc(C)cc2C)cn1. The number of benzene rings is 1. The van der Waals surface area contributed by atoms with Crippen LogP contribution in [0.15, 0.2) is 41.4 Å². The zero-order chi connectivity index (χ0) is 17.7. The first kappa shape index (κ1) is 18.3. The van der Waals surface area contributed by atoms with E-state index in [0.29, 0.717) is 5.69 Å². The van der Waals surface area contributed by atoms with Crippen LogP contribution in [0.25, 0.3) is 0 Å². The molecule has 5 nitrogen and oxygen atoms in total. The third-order valence-electron chi connectivity index (χ3n) is 3.86. The molecule has 0 atom stereocenters. The van der Waals surface area contributed by atoms with E-state index in [1.54, 1.807) is 31.3 Å². The van der Waals surface area contributed by atoms with Crippen LogP contribution in [0.3, 0.4) is 0 Å². The topological polar surface area (TPSA) is 62.3 Å². The van der Waals surface area contributed by atoms with Gasteiger partial charge in [0.25, 0.3) is 10.0 Å². The molecule has 1 aromatic heterocycles. The molecule has 130 valence electrons. The molecule has 0 fully saturated rings. The Balaban J connectivity index is 2.15. The highest BCUT2D eigenvalue weighted by Crippen LogP contribution is 2.21. The number of pyridine rings is 1. The van der Waals surface area contributed by atoms with Crippen LogP contribution in [0.5, 0.6) is 0 Å². The molecule has 1 aromatic carbocycles. The fourth-order valence-corrected chi connectivity index (χ4v) is 3.76. The molecule has 24 heavy (non-hydrogen) atoms. The molecular weight excluding hydrogens is 322 g/mol. The minimum atomic E-state index is -3.61. The van der Waals surface area contributed by atoms with Crippen LogP contribution in [0, 0.1) is 13.8 Å². The van der Waals surface area contributed by atoms with Crippen molar-refractivity contribution in [1.82, 2.24) is 4.98 Å². The monoisotopic (exact) mass is 347 g/mol. The number of aromatic nitrogens is 1. The van der Waals surface area contributed by atoms with Gasteiger partial charge in [0, 0.05) is 13.6 Å². The number of nitrogens with one attached hydrogen (secondary N) is 1. The number of unbranched alkanes of at least 4 members (excludes halogenated alkanes) is 1. The van der Waals surface area contributed by atoms with Gasteiger partial charge in [-0.05, 0) is 44.0 Å². The van der Waals surface area contributed by atoms with E-state index in [9.17, 15) is 8.42 Å². The summed E-state index contributed by atoms with van der Waals surface area (Å²) in [5, 5.41) is 0. The second-order valence-electron chi connectivity index (χ2n) is 6.05. The first-order chi connectivity index (χ1) is 11.3. The molecule has 2 aromatic rings. The van der Waals surface area contributed by atoms with Crippen molar-refractivity contribution < 1.29 is 8.42 Å². The van der Waals surface area contributed by atoms with Crippen molar-refractivity contribution in [3.8, 4) is 0 Å². The van der Waals surface area contributed by atoms with Gasteiger partial charge in [0.1, 0.15) is 5.82 Å². The van der Waals surface area contributed by atoms with Gasteiger partial charge in [-0.25, -0.2) is 13.4 Å². The van der Waals surface area contributed by atoms with Gasteiger partial charge in [-0.1, -0.05) is 31.0 Å². The van der Waals surface area contributed by atoms with E-state index < -0.39 is 10.0 Å². The van der Waals surface area contributed by atoms with Crippen molar-refractivity contribution in [2.45, 2.75) is 38.5 Å². The molecule has 0 saturated carbocycles. The summed E-state index contributed by atoms with van der Waals surface area (Å²) in [7, 11) is -1.63. The number of aryl methyl sites for hydroxylation is 2. The van der Waals surface area contributed by atoms with E-state index in [1.807, 2.05) is 26.1 Å². The summed E-state index contributed by atoms with van der Waals surface area (Å²) in [5.74, 6) is 0.831. The molecule has 0 amide bonds. The fourth-order valence-electron chi connectivity index (χ4n) is 2.49. The lowest BCUT2D eigenvalue weighted by Gasteiger charge is -2.18. The van der Waals surface area contributed by atoms with E-state index in [4.69, 9.17) is 0 Å². The van der Waals surface area contributed by atoms with Gasteiger partial charge in [0.05, 0.1) is 16.8 Å². The van der Waals surface area contributed by atoms with Gasteiger partial charge in [0.15, 0.2) is 0 Å². The van der Waals surface area contributed by atoms with Crippen LogP contribution >= 0.6 is 0 Å². The quantitative estimate of drug-likeness (QED) is 0.829. The van der Waals surface area contributed by atoms with Gasteiger partial charge in [-0.3, -0.25) is 4.72 Å². The van der Waals surface area contributed by atoms with E-state index in [1.165, 1.54) is 0 Å². The first-order valence-corrected chi connectivity index (χ1v) is 9.59. The number of sulfonamides is 1. The molecule has 0 aliphatic heterocycles. The highest BCUT2D eigenvalue weighted by Gasteiger charge is 2.17. The van der Waals surface area contributed by atoms with E-state index >= 15 is 0 Å². The molecule has 0 saturated heterocycles. The van der Waals surface area contributed by atoms with E-state index in [2.05, 4.69) is 21.5 Å². The fraction of sp³-hybridized carbons (Fsp3) is 0.389. The molecule has 1 heterocycles. The van der Waals surface area contributed by atoms with Crippen molar-refractivity contribution in [2.75, 3.05) is 23.2 Å². The van der Waals surface area contributed by atoms with Crippen LogP contribution in [0.2, 0.25) is 0 Å². The van der Waals surface area contributed by atoms with Crippen LogP contribution in [0.4, 0.5) is 11.5 Å². The van der Waals surface area contributed by atoms with Gasteiger partial charge < -0.3 is 4.90 Å². The number of hydrogen-bond donors (Lipinski definition) is 1. The first-order valence-electron chi connectivity index (χ1n) is 8.10. The maximum Gasteiger partial charge on any atom is 0.262 e. The normalized spacial score (nSPS) is 11.3. The molecule has 0 aliphatic carbocycles. The molecule has 6 heteroatoms. The predicted molar refractivity (Wildman–Crippen MR) is 99.1 cm³/mol. The zero-order valence-corrected chi connectivity index (χ0v) is 15.5. The Morgan fingerprint density at radius 3 is 2.50 bits per heavy atom. The largest absolute Gasteiger partial charge is 0.360 e. The van der Waals surface area contributed by atoms with Crippen LogP contribution in [-0.2, 0) is 10.0 Å². The van der Waals surface area contributed by atoms with E-state index in [-0.39, 0.29) is 4.90 Å². The molecule has 0 aliphatic rings. The highest BCUT2D eigenvalue weighted by atomic mass is 32.2. The summed E-state index contributed by atoms with van der Waals surface area (Å²) in [6.45, 7) is 6.81. The van der Waals surface area contributed by atoms with Gasteiger partial charge in [-0.15, -0.1) is 0 Å². The maximum absolute atomic E-state index is 12.5. The Bertz CT molecular complexity index is 786. The van der Waals surface area contributed by atoms with Crippen molar-refractivity contribution in [1.29, 1.82) is 0 Å². The number of hydrogen-bond acceptors (Lipinski definition) is 4. The summed E-state index contributed by atoms with van der Waals surface area (Å²) in [6.07, 6.45) is 3.77. The lowest BCUT2D eigenvalue weighted by molar-refractivity contribution is 0.600. The molecule has 0 spiro atoms. The molecular formula is C18H25N3O2S. The van der Waals surface area contributed by atoms with E-state index in [0.717, 1.165) is 36.3 Å². The molecule has 2 rings (SSSR count). The van der Waals surface area contributed by atoms with Crippen LogP contribution in [0.1, 0.15) is 30.9 Å². The minimum absolute atomic E-state index is 0.289. The average molecular weight is 347 g/mol. The third kappa shape index (κ3) is 4.47. The van der Waals surface area contributed by atoms with Crippen molar-refractivity contribution >= 4 is 21.5 Å². The van der Waals surface area contributed by atoms with Gasteiger partial charge >= 0.3 is 0 Å². The van der Waals surface area contributed by atoms with Crippen molar-refractivity contribution in [3.63, 3.8) is 0 Å². The number of anilines is 2. The summed E-state index contributed by atoms with van der Waals surface area (Å²) < 4.78 is 27.7. The number of rotatable bonds is 7. The van der Waals surface area contributed by atoms with Gasteiger partial charge in [-0.2, -0.15) is 0 Å². The second kappa shape index (κ2) is 7.66. The Morgan fingerprint density at radius 1 is 1.17 bits per heavy atom. The summed E-state index contributed by atoms with van der Waals surface area (Å²) in [5.41, 5.74) is 2.22. The lowest BCUT2D eigenvalue weighted by atomic mass is 10.2. The standard InChI is InChI=1S/C18H25N3O2S/c1-5-6-11-21(4)18-10-8-16(13-19-18)20-24(22,23)17-9-7-14(2)12-15(17)3/h7-10,12-13,20H,5-6,11H2,1-4H3. The zero-order valence-electron chi connectivity index (χ0n) is 14.7. The maximum atomic E-state index is 12.5. The summed E-state index contributed by atoms with van der Waals surface area (Å²) in [6, 6.07) is 8.86. The average Bonchev–Trinajstić information content (AvgIpc) is 2.52. The minimum Gasteiger partial charge on any atom is -0.360 e. The Kier molecular flexibility index (Phi) is 5.83. The lowest BCUT2D eigenvalue weighted by Crippen LogP contribution is -2.19. The molecule has 0 bridgehead atoms. The van der Waals surface area contributed by atoms with Crippen molar-refractivity contribution in [3.05, 3.63) is 47.7 Å². The van der Waals surface area contributed by atoms with Gasteiger partial charge in [0.2, 0.25) is 0 Å². The summed E-state index contributed by atoms with van der Waals surface area (Å²) >= 11 is 0. The smallest absolute Gasteiger partial charge is 0.262 e. The second-order valence-corrected chi connectivity index (χ2v) is 7.71. The Hall–Kier alpha value is -2.08. The Labute approximate surface area is 144 Å². The number of nitrogens with zero attached hydrogens (tertiary/aromatic N) is 2. The van der Waals surface area contributed by atoms with Crippen LogP contribution in [-0.4, -0.2) is 27.0 Å². The molecule has 0 radical (unpaired) electrons. The molecule has 0 unspecified atom stereocenters.